The predicted octanol–water partition coefficient (Wildman–Crippen LogP) is 2.71. The summed E-state index contributed by atoms with van der Waals surface area (Å²) >= 11 is 15.0. The molecule has 20 heavy (non-hydrogen) atoms. The van der Waals surface area contributed by atoms with Crippen molar-refractivity contribution >= 4 is 56.8 Å². The van der Waals surface area contributed by atoms with Crippen LogP contribution in [0.5, 0.6) is 0 Å². The average Bonchev–Trinajstić information content (AvgIpc) is 2.39. The van der Waals surface area contributed by atoms with E-state index in [-0.39, 0.29) is 28.8 Å². The number of halogens is 3. The largest absolute Gasteiger partial charge is 0.480 e. The van der Waals surface area contributed by atoms with Crippen molar-refractivity contribution in [2.45, 2.75) is 12.5 Å². The third-order valence-electron chi connectivity index (χ3n) is 2.30. The number of hydrogen-bond donors (Lipinski definition) is 4. The van der Waals surface area contributed by atoms with Gasteiger partial charge in [-0.05, 0) is 28.1 Å². The van der Waals surface area contributed by atoms with Crippen molar-refractivity contribution in [1.29, 1.82) is 0 Å². The molecule has 0 aliphatic rings. The van der Waals surface area contributed by atoms with Crippen LogP contribution in [-0.4, -0.2) is 34.9 Å². The number of hydrogen-bond acceptors (Lipinski definition) is 3. The highest BCUT2D eigenvalue weighted by Gasteiger charge is 2.20. The maximum atomic E-state index is 11.7. The van der Waals surface area contributed by atoms with E-state index in [4.69, 9.17) is 33.4 Å². The molecule has 0 spiro atoms. The van der Waals surface area contributed by atoms with Gasteiger partial charge in [-0.1, -0.05) is 23.2 Å². The molecule has 110 valence electrons. The number of nitrogens with one attached hydrogen (secondary N) is 2. The summed E-state index contributed by atoms with van der Waals surface area (Å²) in [5.74, 6) is -1.24. The number of aliphatic hydroxyl groups excluding tert-OH is 1. The quantitative estimate of drug-likeness (QED) is 0.585. The van der Waals surface area contributed by atoms with Gasteiger partial charge in [-0.15, -0.1) is 0 Å². The zero-order valence-electron chi connectivity index (χ0n) is 9.99. The molecule has 0 heterocycles. The first-order chi connectivity index (χ1) is 9.36. The van der Waals surface area contributed by atoms with Crippen molar-refractivity contribution in [3.63, 3.8) is 0 Å². The number of carbonyl (C=O) groups is 2. The third kappa shape index (κ3) is 4.52. The molecule has 6 nitrogen and oxygen atoms in total. The number of benzene rings is 1. The Bertz CT molecular complexity index is 527. The first kappa shape index (κ1) is 17.0. The fraction of sp³-hybridized carbons (Fsp3) is 0.273. The molecular weight excluding hydrogens is 375 g/mol. The van der Waals surface area contributed by atoms with Gasteiger partial charge < -0.3 is 20.8 Å². The van der Waals surface area contributed by atoms with Gasteiger partial charge in [-0.25, -0.2) is 9.59 Å². The van der Waals surface area contributed by atoms with E-state index in [1.54, 1.807) is 6.07 Å². The maximum Gasteiger partial charge on any atom is 0.326 e. The van der Waals surface area contributed by atoms with Crippen LogP contribution in [0.15, 0.2) is 16.6 Å². The van der Waals surface area contributed by atoms with E-state index in [2.05, 4.69) is 26.6 Å². The Kier molecular flexibility index (Phi) is 6.54. The van der Waals surface area contributed by atoms with Crippen LogP contribution in [0.3, 0.4) is 0 Å². The lowest BCUT2D eigenvalue weighted by Gasteiger charge is -2.15. The van der Waals surface area contributed by atoms with E-state index >= 15 is 0 Å². The molecule has 0 saturated carbocycles. The van der Waals surface area contributed by atoms with Crippen LogP contribution >= 0.6 is 39.1 Å². The van der Waals surface area contributed by atoms with Gasteiger partial charge in [0.25, 0.3) is 0 Å². The van der Waals surface area contributed by atoms with Crippen LogP contribution in [0, 0.1) is 0 Å². The van der Waals surface area contributed by atoms with Crippen LogP contribution in [0.2, 0.25) is 10.0 Å². The van der Waals surface area contributed by atoms with Crippen LogP contribution in [0.25, 0.3) is 0 Å². The van der Waals surface area contributed by atoms with Crippen molar-refractivity contribution in [2.24, 2.45) is 0 Å². The minimum absolute atomic E-state index is 0.0996. The van der Waals surface area contributed by atoms with Gasteiger partial charge in [0.1, 0.15) is 6.04 Å². The second kappa shape index (κ2) is 7.68. The summed E-state index contributed by atoms with van der Waals surface area (Å²) in [7, 11) is 0. The van der Waals surface area contributed by atoms with Crippen molar-refractivity contribution < 1.29 is 19.8 Å². The Balaban J connectivity index is 2.76. The van der Waals surface area contributed by atoms with Crippen molar-refractivity contribution in [2.75, 3.05) is 11.9 Å². The van der Waals surface area contributed by atoms with E-state index in [1.165, 1.54) is 6.07 Å². The van der Waals surface area contributed by atoms with Gasteiger partial charge in [-0.3, -0.25) is 0 Å². The fourth-order valence-corrected chi connectivity index (χ4v) is 2.15. The van der Waals surface area contributed by atoms with E-state index in [0.29, 0.717) is 4.47 Å². The number of carboxylic acid groups (broad SMARTS) is 1. The molecule has 1 aromatic rings. The molecule has 2 amide bonds. The second-order valence-corrected chi connectivity index (χ2v) is 5.33. The van der Waals surface area contributed by atoms with E-state index in [0.717, 1.165) is 0 Å². The van der Waals surface area contributed by atoms with Crippen molar-refractivity contribution in [3.8, 4) is 0 Å². The number of aliphatic carboxylic acids is 1. The SMILES string of the molecule is O=C(Nc1ccc(Br)c(Cl)c1Cl)N[C@@H](CCO)C(=O)O. The summed E-state index contributed by atoms with van der Waals surface area (Å²) in [5.41, 5.74) is 0.241. The summed E-state index contributed by atoms with van der Waals surface area (Å²) in [6.07, 6.45) is -0.0996. The Morgan fingerprint density at radius 3 is 2.50 bits per heavy atom. The van der Waals surface area contributed by atoms with Crippen molar-refractivity contribution in [3.05, 3.63) is 26.7 Å². The molecule has 1 rings (SSSR count). The smallest absolute Gasteiger partial charge is 0.326 e. The molecule has 1 aromatic carbocycles. The number of urea groups is 1. The minimum Gasteiger partial charge on any atom is -0.480 e. The standard InChI is InChI=1S/C11H11BrCl2N2O4/c12-5-1-2-6(9(14)8(5)13)15-11(20)16-7(3-4-17)10(18)19/h1-2,7,17H,3-4H2,(H,18,19)(H2,15,16,20)/t7-/m0/s1. The van der Waals surface area contributed by atoms with Gasteiger partial charge in [0, 0.05) is 17.5 Å². The second-order valence-electron chi connectivity index (χ2n) is 3.72. The summed E-state index contributed by atoms with van der Waals surface area (Å²) < 4.78 is 0.568. The Morgan fingerprint density at radius 2 is 1.95 bits per heavy atom. The lowest BCUT2D eigenvalue weighted by molar-refractivity contribution is -0.139. The van der Waals surface area contributed by atoms with Gasteiger partial charge in [0.2, 0.25) is 0 Å². The molecule has 0 unspecified atom stereocenters. The first-order valence-corrected chi connectivity index (χ1v) is 6.96. The zero-order valence-corrected chi connectivity index (χ0v) is 13.1. The van der Waals surface area contributed by atoms with Crippen LogP contribution in [0.4, 0.5) is 10.5 Å². The number of carboxylic acids is 1. The number of amides is 2. The molecule has 1 atom stereocenters. The normalized spacial score (nSPS) is 11.8. The molecule has 9 heteroatoms. The van der Waals surface area contributed by atoms with E-state index < -0.39 is 18.0 Å². The molecule has 4 N–H and O–H groups in total. The molecular formula is C11H11BrCl2N2O4. The van der Waals surface area contributed by atoms with Gasteiger partial charge >= 0.3 is 12.0 Å². The molecule has 0 fully saturated rings. The van der Waals surface area contributed by atoms with Crippen LogP contribution in [0.1, 0.15) is 6.42 Å². The summed E-state index contributed by atoms with van der Waals surface area (Å²) in [5, 5.41) is 22.5. The Labute approximate surface area is 133 Å². The molecule has 0 bridgehead atoms. The lowest BCUT2D eigenvalue weighted by Crippen LogP contribution is -2.43. The van der Waals surface area contributed by atoms with E-state index in [9.17, 15) is 9.59 Å². The average molecular weight is 386 g/mol. The predicted molar refractivity (Wildman–Crippen MR) is 79.4 cm³/mol. The number of rotatable bonds is 5. The van der Waals surface area contributed by atoms with Gasteiger partial charge in [0.15, 0.2) is 0 Å². The minimum atomic E-state index is -1.24. The lowest BCUT2D eigenvalue weighted by atomic mass is 10.2. The number of aliphatic hydroxyl groups is 1. The topological polar surface area (TPSA) is 98.7 Å². The highest BCUT2D eigenvalue weighted by atomic mass is 79.9. The Morgan fingerprint density at radius 1 is 1.30 bits per heavy atom. The summed E-state index contributed by atoms with van der Waals surface area (Å²) in [6, 6.07) is 1.15. The highest BCUT2D eigenvalue weighted by molar-refractivity contribution is 9.10. The number of anilines is 1. The molecule has 0 aliphatic carbocycles. The van der Waals surface area contributed by atoms with Crippen LogP contribution in [-0.2, 0) is 4.79 Å². The molecule has 0 aromatic heterocycles. The van der Waals surface area contributed by atoms with Crippen molar-refractivity contribution in [1.82, 2.24) is 5.32 Å². The van der Waals surface area contributed by atoms with E-state index in [1.807, 2.05) is 0 Å². The summed E-state index contributed by atoms with van der Waals surface area (Å²) in [6.45, 7) is -0.359. The fourth-order valence-electron chi connectivity index (χ4n) is 1.33. The molecule has 0 radical (unpaired) electrons. The summed E-state index contributed by atoms with van der Waals surface area (Å²) in [4.78, 5) is 22.5. The Hall–Kier alpha value is -1.02. The first-order valence-electron chi connectivity index (χ1n) is 5.41. The van der Waals surface area contributed by atoms with Gasteiger partial charge in [-0.2, -0.15) is 0 Å². The monoisotopic (exact) mass is 384 g/mol. The van der Waals surface area contributed by atoms with Crippen LogP contribution < -0.4 is 10.6 Å². The highest BCUT2D eigenvalue weighted by Crippen LogP contribution is 2.35. The number of carbonyl (C=O) groups excluding carboxylic acids is 1. The van der Waals surface area contributed by atoms with Gasteiger partial charge in [0.05, 0.1) is 15.7 Å². The molecule has 0 saturated heterocycles. The zero-order chi connectivity index (χ0) is 15.3. The molecule has 0 aliphatic heterocycles. The third-order valence-corrected chi connectivity index (χ3v) is 4.08. The maximum absolute atomic E-state index is 11.7.